The van der Waals surface area contributed by atoms with Crippen LogP contribution in [0.1, 0.15) is 27.7 Å². The fraction of sp³-hybridized carbons (Fsp3) is 0.429. The molecule has 0 aromatic heterocycles. The van der Waals surface area contributed by atoms with Crippen molar-refractivity contribution >= 4 is 10.1 Å². The van der Waals surface area contributed by atoms with Crippen molar-refractivity contribution in [3.8, 4) is 11.5 Å². The van der Waals surface area contributed by atoms with Crippen LogP contribution in [-0.4, -0.2) is 39.7 Å². The number of halogens is 4. The van der Waals surface area contributed by atoms with Crippen LogP contribution in [-0.2, 0) is 22.1 Å². The van der Waals surface area contributed by atoms with Crippen LogP contribution in [0, 0.1) is 7.14 Å². The van der Waals surface area contributed by atoms with Crippen LogP contribution in [0.25, 0.3) is 0 Å². The molecule has 0 saturated heterocycles. The highest BCUT2D eigenvalue weighted by Gasteiger charge is 2.54. The van der Waals surface area contributed by atoms with E-state index in [2.05, 4.69) is 0 Å². The number of hydrogen-bond acceptors (Lipinski definition) is 7. The van der Waals surface area contributed by atoms with Gasteiger partial charge in [0.15, 0.2) is 19.7 Å². The molecule has 0 amide bonds. The van der Waals surface area contributed by atoms with E-state index in [0.29, 0.717) is 31.9 Å². The maximum Gasteiger partial charge on any atom is 0.526 e. The molecular weight excluding hydrogens is 580 g/mol. The summed E-state index contributed by atoms with van der Waals surface area (Å²) in [7, 11) is -5.80. The summed E-state index contributed by atoms with van der Waals surface area (Å²) in [6.07, 6.45) is -1.05. The molecule has 0 aliphatic carbocycles. The summed E-state index contributed by atoms with van der Waals surface area (Å²) < 4.78 is 89.8. The lowest BCUT2D eigenvalue weighted by Gasteiger charge is -2.15. The van der Waals surface area contributed by atoms with Gasteiger partial charge in [0.05, 0.1) is 0 Å². The van der Waals surface area contributed by atoms with Gasteiger partial charge >= 0.3 is 35.9 Å². The molecule has 0 aliphatic heterocycles. The van der Waals surface area contributed by atoms with Crippen molar-refractivity contribution in [3.63, 3.8) is 0 Å². The molecule has 2 aromatic rings. The zero-order chi connectivity index (χ0) is 24.6. The first kappa shape index (κ1) is 27.6. The van der Waals surface area contributed by atoms with Crippen molar-refractivity contribution in [1.82, 2.24) is 0 Å². The standard InChI is InChI=1S/C21H26F3IO7S/c1-5-28-15(3)30-19-11-7-17(8-12-19)25(32-33(26,27)21(22,23)24)18-9-13-20(14-10-18)31-16(4)29-6-2/h7-16H,5-6H2,1-4H3/q+1. The molecule has 2 atom stereocenters. The number of rotatable bonds is 12. The summed E-state index contributed by atoms with van der Waals surface area (Å²) in [5.74, 6) is 0.839. The fourth-order valence-electron chi connectivity index (χ4n) is 2.49. The molecule has 1 radical (unpaired) electrons. The Morgan fingerprint density at radius 2 is 1.15 bits per heavy atom. The van der Waals surface area contributed by atoms with Crippen LogP contribution in [0.4, 0.5) is 13.2 Å². The Morgan fingerprint density at radius 1 is 0.788 bits per heavy atom. The van der Waals surface area contributed by atoms with Gasteiger partial charge in [0.25, 0.3) is 0 Å². The van der Waals surface area contributed by atoms with E-state index in [4.69, 9.17) is 21.5 Å². The third-order valence-electron chi connectivity index (χ3n) is 3.86. The average molecular weight is 606 g/mol. The third kappa shape index (κ3) is 8.28. The van der Waals surface area contributed by atoms with Gasteiger partial charge in [0.1, 0.15) is 11.5 Å². The second kappa shape index (κ2) is 12.2. The lowest BCUT2D eigenvalue weighted by Crippen LogP contribution is -3.85. The molecule has 2 unspecified atom stereocenters. The molecule has 0 N–H and O–H groups in total. The van der Waals surface area contributed by atoms with Crippen molar-refractivity contribution in [2.75, 3.05) is 13.2 Å². The monoisotopic (exact) mass is 606 g/mol. The Bertz CT molecular complexity index is 909. The summed E-state index contributed by atoms with van der Waals surface area (Å²) in [4.78, 5) is 0. The Labute approximate surface area is 199 Å². The molecule has 12 heteroatoms. The summed E-state index contributed by atoms with van der Waals surface area (Å²) in [5, 5.41) is 0. The fourth-order valence-corrected chi connectivity index (χ4v) is 8.90. The molecular formula is C21H26F3IO7S+. The maximum absolute atomic E-state index is 13.0. The highest BCUT2D eigenvalue weighted by atomic mass is 127. The molecule has 7 nitrogen and oxygen atoms in total. The Balaban J connectivity index is 2.33. The van der Waals surface area contributed by atoms with Gasteiger partial charge in [-0.1, -0.05) is 0 Å². The molecule has 0 bridgehead atoms. The summed E-state index contributed by atoms with van der Waals surface area (Å²) in [6, 6.07) is 12.1. The highest BCUT2D eigenvalue weighted by molar-refractivity contribution is 7.87. The smallest absolute Gasteiger partial charge is 0.465 e. The summed E-state index contributed by atoms with van der Waals surface area (Å²) in [6.45, 7) is 7.91. The predicted octanol–water partition coefficient (Wildman–Crippen LogP) is 1.65. The largest absolute Gasteiger partial charge is 0.526 e. The SMILES string of the molecule is CCOC(C)Oc1ccc([I+](OS(=O)(=O)C(F)(F)F)c2ccc(OC(C)OCC)cc2)cc1. The van der Waals surface area contributed by atoms with Gasteiger partial charge in [0.2, 0.25) is 0 Å². The molecule has 33 heavy (non-hydrogen) atoms. The van der Waals surface area contributed by atoms with Gasteiger partial charge in [-0.25, -0.2) is 0 Å². The van der Waals surface area contributed by atoms with Crippen molar-refractivity contribution in [2.24, 2.45) is 0 Å². The minimum atomic E-state index is -5.80. The predicted molar refractivity (Wildman–Crippen MR) is 110 cm³/mol. The Morgan fingerprint density at radius 3 is 1.45 bits per heavy atom. The zero-order valence-electron chi connectivity index (χ0n) is 18.5. The first-order chi connectivity index (χ1) is 15.5. The Hall–Kier alpha value is -1.61. The van der Waals surface area contributed by atoms with Gasteiger partial charge in [-0.15, -0.1) is 0 Å². The lowest BCUT2D eigenvalue weighted by molar-refractivity contribution is -1.03. The summed E-state index contributed by atoms with van der Waals surface area (Å²) >= 11 is -3.52. The van der Waals surface area contributed by atoms with Gasteiger partial charge in [0, 0.05) is 13.2 Å². The van der Waals surface area contributed by atoms with Crippen LogP contribution >= 0.6 is 0 Å². The van der Waals surface area contributed by atoms with Gasteiger partial charge in [-0.05, 0) is 78.7 Å². The van der Waals surface area contributed by atoms with Gasteiger partial charge < -0.3 is 18.9 Å². The van der Waals surface area contributed by atoms with E-state index >= 15 is 0 Å². The number of alkyl halides is 3. The first-order valence-electron chi connectivity index (χ1n) is 9.94. The van der Waals surface area contributed by atoms with E-state index in [-0.39, 0.29) is 0 Å². The molecule has 185 valence electrons. The minimum absolute atomic E-state index is 0.333. The van der Waals surface area contributed by atoms with Crippen molar-refractivity contribution in [2.45, 2.75) is 45.8 Å². The molecule has 0 aliphatic rings. The number of ether oxygens (including phenoxy) is 4. The highest BCUT2D eigenvalue weighted by Crippen LogP contribution is 2.23. The van der Waals surface area contributed by atoms with Crippen LogP contribution < -0.4 is 29.7 Å². The second-order valence-electron chi connectivity index (χ2n) is 6.40. The number of benzene rings is 2. The first-order valence-corrected chi connectivity index (χ1v) is 14.4. The molecule has 0 saturated carbocycles. The minimum Gasteiger partial charge on any atom is -0.465 e. The normalized spacial score (nSPS) is 14.2. The average Bonchev–Trinajstić information content (AvgIpc) is 2.73. The zero-order valence-corrected chi connectivity index (χ0v) is 21.4. The maximum atomic E-state index is 13.0. The van der Waals surface area contributed by atoms with E-state index < -0.39 is 48.4 Å². The number of hydrogen-bond donors (Lipinski definition) is 0. The molecule has 0 heterocycles. The van der Waals surface area contributed by atoms with Crippen LogP contribution in [0.2, 0.25) is 0 Å². The quantitative estimate of drug-likeness (QED) is 0.207. The van der Waals surface area contributed by atoms with Crippen LogP contribution in [0.15, 0.2) is 48.5 Å². The van der Waals surface area contributed by atoms with Gasteiger partial charge in [-0.2, -0.15) is 21.6 Å². The molecule has 0 fully saturated rings. The second-order valence-corrected chi connectivity index (χ2v) is 12.9. The van der Waals surface area contributed by atoms with Crippen LogP contribution in [0.3, 0.4) is 0 Å². The third-order valence-corrected chi connectivity index (χ3v) is 10.9. The molecule has 2 aromatic carbocycles. The topological polar surface area (TPSA) is 80.3 Å². The molecule has 0 spiro atoms. The Kier molecular flexibility index (Phi) is 10.2. The van der Waals surface area contributed by atoms with Crippen molar-refractivity contribution < 1.29 is 63.3 Å². The van der Waals surface area contributed by atoms with Crippen molar-refractivity contribution in [1.29, 1.82) is 0 Å². The van der Waals surface area contributed by atoms with Crippen molar-refractivity contribution in [3.05, 3.63) is 55.7 Å². The van der Waals surface area contributed by atoms with E-state index in [1.54, 1.807) is 13.8 Å². The summed E-state index contributed by atoms with van der Waals surface area (Å²) in [5.41, 5.74) is -5.53. The van der Waals surface area contributed by atoms with E-state index in [0.717, 1.165) is 0 Å². The van der Waals surface area contributed by atoms with E-state index in [1.165, 1.54) is 48.5 Å². The lowest BCUT2D eigenvalue weighted by atomic mass is 10.3. The van der Waals surface area contributed by atoms with E-state index in [9.17, 15) is 21.6 Å². The van der Waals surface area contributed by atoms with Crippen LogP contribution in [0.5, 0.6) is 11.5 Å². The molecule has 2 rings (SSSR count). The van der Waals surface area contributed by atoms with Gasteiger partial charge in [-0.3, -0.25) is 0 Å². The van der Waals surface area contributed by atoms with E-state index in [1.807, 2.05) is 13.8 Å².